The molecule has 0 saturated heterocycles. The molecule has 0 aliphatic heterocycles. The highest BCUT2D eigenvalue weighted by atomic mass is 35.5. The molecular formula is C23H20ClN3S. The molecule has 2 heterocycles. The van der Waals surface area contributed by atoms with Gasteiger partial charge in [0.2, 0.25) is 0 Å². The Hall–Kier alpha value is -2.43. The molecule has 140 valence electrons. The van der Waals surface area contributed by atoms with Crippen molar-refractivity contribution in [1.29, 1.82) is 0 Å². The molecule has 1 aliphatic rings. The van der Waals surface area contributed by atoms with Gasteiger partial charge in [-0.05, 0) is 48.1 Å². The van der Waals surface area contributed by atoms with Crippen LogP contribution in [0.2, 0.25) is 5.02 Å². The standard InChI is InChI=1S/C23H20ClN3S/c24-17-11-9-16(10-12-17)14-25-22-21-18-7-4-8-19(18)28-23(21)27-20(26-22)13-15-5-2-1-3-6-15/h1-3,5-6,9-12H,4,7-8,13-14H2,(H,25,26,27). The minimum absolute atomic E-state index is 0.721. The molecule has 1 N–H and O–H groups in total. The molecule has 0 amide bonds. The van der Waals surface area contributed by atoms with Crippen molar-refractivity contribution >= 4 is 39.0 Å². The van der Waals surface area contributed by atoms with Gasteiger partial charge in [-0.2, -0.15) is 0 Å². The first kappa shape index (κ1) is 17.7. The molecule has 28 heavy (non-hydrogen) atoms. The second-order valence-corrected chi connectivity index (χ2v) is 8.69. The Morgan fingerprint density at radius 1 is 0.929 bits per heavy atom. The molecule has 2 aromatic heterocycles. The zero-order chi connectivity index (χ0) is 18.9. The molecule has 5 heteroatoms. The van der Waals surface area contributed by atoms with Gasteiger partial charge < -0.3 is 5.32 Å². The van der Waals surface area contributed by atoms with Gasteiger partial charge in [-0.1, -0.05) is 54.1 Å². The molecule has 4 aromatic rings. The molecule has 0 bridgehead atoms. The van der Waals surface area contributed by atoms with Gasteiger partial charge in [-0.25, -0.2) is 9.97 Å². The maximum atomic E-state index is 6.01. The number of hydrogen-bond acceptors (Lipinski definition) is 4. The summed E-state index contributed by atoms with van der Waals surface area (Å²) >= 11 is 7.85. The Balaban J connectivity index is 1.51. The van der Waals surface area contributed by atoms with Gasteiger partial charge in [0, 0.05) is 22.9 Å². The van der Waals surface area contributed by atoms with E-state index in [1.54, 1.807) is 0 Å². The second kappa shape index (κ2) is 7.53. The van der Waals surface area contributed by atoms with E-state index >= 15 is 0 Å². The van der Waals surface area contributed by atoms with Crippen molar-refractivity contribution < 1.29 is 0 Å². The summed E-state index contributed by atoms with van der Waals surface area (Å²) in [6.07, 6.45) is 4.28. The van der Waals surface area contributed by atoms with E-state index in [1.165, 1.54) is 39.8 Å². The highest BCUT2D eigenvalue weighted by Crippen LogP contribution is 2.39. The van der Waals surface area contributed by atoms with Gasteiger partial charge in [0.05, 0.1) is 5.39 Å². The number of thiophene rings is 1. The highest BCUT2D eigenvalue weighted by molar-refractivity contribution is 7.19. The van der Waals surface area contributed by atoms with Crippen molar-refractivity contribution in [1.82, 2.24) is 9.97 Å². The van der Waals surface area contributed by atoms with Crippen LogP contribution in [0.15, 0.2) is 54.6 Å². The zero-order valence-electron chi connectivity index (χ0n) is 15.4. The molecule has 2 aromatic carbocycles. The van der Waals surface area contributed by atoms with E-state index in [0.29, 0.717) is 0 Å². The van der Waals surface area contributed by atoms with Crippen molar-refractivity contribution in [2.75, 3.05) is 5.32 Å². The minimum atomic E-state index is 0.721. The van der Waals surface area contributed by atoms with E-state index in [0.717, 1.165) is 40.9 Å². The lowest BCUT2D eigenvalue weighted by Gasteiger charge is -2.11. The number of nitrogens with zero attached hydrogens (tertiary/aromatic N) is 2. The average Bonchev–Trinajstić information content (AvgIpc) is 3.29. The molecule has 0 unspecified atom stereocenters. The van der Waals surface area contributed by atoms with Crippen LogP contribution >= 0.6 is 22.9 Å². The summed E-state index contributed by atoms with van der Waals surface area (Å²) in [5.74, 6) is 1.84. The third kappa shape index (κ3) is 3.50. The molecule has 0 saturated carbocycles. The Bertz CT molecular complexity index is 1120. The average molecular weight is 406 g/mol. The fourth-order valence-electron chi connectivity index (χ4n) is 3.81. The topological polar surface area (TPSA) is 37.8 Å². The van der Waals surface area contributed by atoms with Gasteiger partial charge >= 0.3 is 0 Å². The fraction of sp³-hybridized carbons (Fsp3) is 0.217. The van der Waals surface area contributed by atoms with Gasteiger partial charge in [0.25, 0.3) is 0 Å². The van der Waals surface area contributed by atoms with Crippen LogP contribution in [0.4, 0.5) is 5.82 Å². The lowest BCUT2D eigenvalue weighted by molar-refractivity contribution is 0.915. The van der Waals surface area contributed by atoms with Crippen molar-refractivity contribution in [3.8, 4) is 0 Å². The van der Waals surface area contributed by atoms with E-state index in [2.05, 4.69) is 41.7 Å². The smallest absolute Gasteiger partial charge is 0.139 e. The number of nitrogens with one attached hydrogen (secondary N) is 1. The predicted molar refractivity (Wildman–Crippen MR) is 117 cm³/mol. The number of fused-ring (bicyclic) bond motifs is 3. The lowest BCUT2D eigenvalue weighted by atomic mass is 10.1. The first-order valence-electron chi connectivity index (χ1n) is 9.60. The van der Waals surface area contributed by atoms with Crippen LogP contribution in [0, 0.1) is 0 Å². The number of benzene rings is 2. The van der Waals surface area contributed by atoms with Gasteiger partial charge in [0.15, 0.2) is 0 Å². The fourth-order valence-corrected chi connectivity index (χ4v) is 5.22. The third-order valence-electron chi connectivity index (χ3n) is 5.19. The quantitative estimate of drug-likeness (QED) is 0.440. The van der Waals surface area contributed by atoms with Gasteiger partial charge in [-0.3, -0.25) is 0 Å². The number of rotatable bonds is 5. The van der Waals surface area contributed by atoms with Gasteiger partial charge in [-0.15, -0.1) is 11.3 Å². The number of hydrogen-bond donors (Lipinski definition) is 1. The molecular weight excluding hydrogens is 386 g/mol. The van der Waals surface area contributed by atoms with E-state index < -0.39 is 0 Å². The maximum absolute atomic E-state index is 6.01. The van der Waals surface area contributed by atoms with Crippen molar-refractivity contribution in [3.05, 3.63) is 87.0 Å². The van der Waals surface area contributed by atoms with E-state index in [9.17, 15) is 0 Å². The lowest BCUT2D eigenvalue weighted by Crippen LogP contribution is -2.06. The molecule has 0 spiro atoms. The van der Waals surface area contributed by atoms with Gasteiger partial charge in [0.1, 0.15) is 16.5 Å². The molecule has 0 fully saturated rings. The molecule has 3 nitrogen and oxygen atoms in total. The molecule has 0 atom stereocenters. The Labute approximate surface area is 173 Å². The van der Waals surface area contributed by atoms with Crippen LogP contribution in [0.3, 0.4) is 0 Å². The summed E-state index contributed by atoms with van der Waals surface area (Å²) in [4.78, 5) is 12.4. The molecule has 0 radical (unpaired) electrons. The normalized spacial score (nSPS) is 13.0. The Morgan fingerprint density at radius 2 is 1.75 bits per heavy atom. The third-order valence-corrected chi connectivity index (χ3v) is 6.63. The summed E-state index contributed by atoms with van der Waals surface area (Å²) in [7, 11) is 0. The van der Waals surface area contributed by atoms with Crippen LogP contribution in [-0.4, -0.2) is 9.97 Å². The first-order chi connectivity index (χ1) is 13.8. The number of aromatic nitrogens is 2. The molecule has 5 rings (SSSR count). The van der Waals surface area contributed by atoms with E-state index in [4.69, 9.17) is 21.6 Å². The Kier molecular flexibility index (Phi) is 4.75. The summed E-state index contributed by atoms with van der Waals surface area (Å²) in [5, 5.41) is 5.56. The van der Waals surface area contributed by atoms with Crippen LogP contribution in [0.25, 0.3) is 10.2 Å². The number of halogens is 1. The summed E-state index contributed by atoms with van der Waals surface area (Å²) in [6, 6.07) is 18.4. The largest absolute Gasteiger partial charge is 0.365 e. The van der Waals surface area contributed by atoms with Crippen molar-refractivity contribution in [3.63, 3.8) is 0 Å². The predicted octanol–water partition coefficient (Wildman–Crippen LogP) is 6.04. The van der Waals surface area contributed by atoms with E-state index in [1.807, 2.05) is 29.5 Å². The van der Waals surface area contributed by atoms with Crippen molar-refractivity contribution in [2.24, 2.45) is 0 Å². The summed E-state index contributed by atoms with van der Waals surface area (Å²) in [6.45, 7) is 0.721. The number of anilines is 1. The SMILES string of the molecule is Clc1ccc(CNc2nc(Cc3ccccc3)nc3sc4c(c23)CCC4)cc1. The van der Waals surface area contributed by atoms with Crippen LogP contribution in [-0.2, 0) is 25.8 Å². The first-order valence-corrected chi connectivity index (χ1v) is 10.8. The zero-order valence-corrected chi connectivity index (χ0v) is 17.0. The molecule has 1 aliphatic carbocycles. The van der Waals surface area contributed by atoms with Crippen molar-refractivity contribution in [2.45, 2.75) is 32.2 Å². The number of aryl methyl sites for hydroxylation is 2. The van der Waals surface area contributed by atoms with Crippen LogP contribution in [0.1, 0.15) is 33.8 Å². The second-order valence-electron chi connectivity index (χ2n) is 7.17. The van der Waals surface area contributed by atoms with E-state index in [-0.39, 0.29) is 0 Å². The summed E-state index contributed by atoms with van der Waals surface area (Å²) < 4.78 is 0. The minimum Gasteiger partial charge on any atom is -0.365 e. The van der Waals surface area contributed by atoms with Crippen LogP contribution in [0.5, 0.6) is 0 Å². The maximum Gasteiger partial charge on any atom is 0.139 e. The summed E-state index contributed by atoms with van der Waals surface area (Å²) in [5.41, 5.74) is 3.87. The van der Waals surface area contributed by atoms with Crippen LogP contribution < -0.4 is 5.32 Å². The highest BCUT2D eigenvalue weighted by Gasteiger charge is 2.22. The Morgan fingerprint density at radius 3 is 2.57 bits per heavy atom. The monoisotopic (exact) mass is 405 g/mol.